The van der Waals surface area contributed by atoms with Gasteiger partial charge in [-0.1, -0.05) is 47.5 Å². The maximum atomic E-state index is 13.4. The van der Waals surface area contributed by atoms with Crippen molar-refractivity contribution >= 4 is 59.0 Å². The highest BCUT2D eigenvalue weighted by Crippen LogP contribution is 2.33. The Morgan fingerprint density at radius 3 is 2.15 bits per heavy atom. The highest BCUT2D eigenvalue weighted by Gasteiger charge is 2.41. The van der Waals surface area contributed by atoms with Gasteiger partial charge >= 0.3 is 23.9 Å². The van der Waals surface area contributed by atoms with E-state index in [2.05, 4.69) is 10.2 Å². The van der Waals surface area contributed by atoms with Crippen molar-refractivity contribution in [2.45, 2.75) is 69.1 Å². The van der Waals surface area contributed by atoms with E-state index in [4.69, 9.17) is 43.6 Å². The van der Waals surface area contributed by atoms with Crippen molar-refractivity contribution < 1.29 is 49.2 Å². The number of rotatable bonds is 14. The molecule has 300 valence electrons. The summed E-state index contributed by atoms with van der Waals surface area (Å²) in [6, 6.07) is 14.9. The minimum atomic E-state index is -2.74. The summed E-state index contributed by atoms with van der Waals surface area (Å²) in [5, 5.41) is 37.8. The van der Waals surface area contributed by atoms with Crippen LogP contribution < -0.4 is 5.32 Å². The average molecular weight is 807 g/mol. The van der Waals surface area contributed by atoms with Gasteiger partial charge in [-0.15, -0.1) is 0 Å². The zero-order chi connectivity index (χ0) is 40.3. The second-order valence-corrected chi connectivity index (χ2v) is 15.1. The molecule has 17 heteroatoms. The number of amides is 4. The van der Waals surface area contributed by atoms with Crippen LogP contribution in [0.15, 0.2) is 48.5 Å². The molecule has 3 atom stereocenters. The van der Waals surface area contributed by atoms with Crippen molar-refractivity contribution in [1.29, 1.82) is 0 Å². The van der Waals surface area contributed by atoms with Crippen molar-refractivity contribution in [1.82, 2.24) is 24.9 Å². The number of aliphatic carboxylic acids is 3. The Labute approximate surface area is 329 Å². The molecule has 15 nitrogen and oxygen atoms in total. The molecule has 3 saturated heterocycles. The number of likely N-dealkylation sites (tertiary alicyclic amines) is 2. The molecule has 2 unspecified atom stereocenters. The third-order valence-electron chi connectivity index (χ3n) is 10.2. The second kappa shape index (κ2) is 19.9. The average Bonchev–Trinajstić information content (AvgIpc) is 3.69. The number of carbonyl (C=O) groups excluding carboxylic acids is 3. The van der Waals surface area contributed by atoms with E-state index in [-0.39, 0.29) is 35.8 Å². The number of carboxylic acid groups (broad SMARTS) is 3. The van der Waals surface area contributed by atoms with Gasteiger partial charge in [0.05, 0.1) is 29.1 Å². The van der Waals surface area contributed by atoms with Crippen LogP contribution in [0.5, 0.6) is 0 Å². The topological polar surface area (TPSA) is 208 Å². The summed E-state index contributed by atoms with van der Waals surface area (Å²) >= 11 is 12.7. The third-order valence-corrected chi connectivity index (χ3v) is 11.0. The zero-order valence-corrected chi connectivity index (χ0v) is 32.3. The van der Waals surface area contributed by atoms with Gasteiger partial charge in [-0.3, -0.25) is 24.1 Å². The number of nitrogens with one attached hydrogen (secondary N) is 1. The maximum absolute atomic E-state index is 13.4. The molecule has 0 aliphatic carbocycles. The van der Waals surface area contributed by atoms with Crippen LogP contribution in [0.3, 0.4) is 0 Å². The van der Waals surface area contributed by atoms with Crippen molar-refractivity contribution in [3.63, 3.8) is 0 Å². The van der Waals surface area contributed by atoms with Gasteiger partial charge in [0.1, 0.15) is 0 Å². The smallest absolute Gasteiger partial charge is 0.336 e. The van der Waals surface area contributed by atoms with Crippen LogP contribution >= 0.6 is 23.2 Å². The molecule has 2 aromatic rings. The standard InChI is InChI=1S/C32H41Cl2N5O3.C6H8O7/c1-36(30(40)23-8-3-2-4-9-23)22-26(24-10-11-27(33)28(34)20-24)13-19-37-18-12-25(31(41)38-15-5-6-16-38)21-29(37)39-17-7-14-35-32(39)42;7-3(8)1-6(13,5(11)12)2-4(9)10/h2-4,8-11,20,25-26,29H,5-7,12-19,21-22H2,1H3,(H,35,42);13H,1-2H2,(H,7,8)(H,9,10)(H,11,12)/t25?,26?,29-;/m0./s1. The lowest BCUT2D eigenvalue weighted by Crippen LogP contribution is -2.60. The van der Waals surface area contributed by atoms with Gasteiger partial charge < -0.3 is 40.4 Å². The van der Waals surface area contributed by atoms with Crippen molar-refractivity contribution in [2.24, 2.45) is 5.92 Å². The lowest BCUT2D eigenvalue weighted by Gasteiger charge is -2.46. The molecule has 0 saturated carbocycles. The summed E-state index contributed by atoms with van der Waals surface area (Å²) < 4.78 is 0. The highest BCUT2D eigenvalue weighted by molar-refractivity contribution is 6.42. The summed E-state index contributed by atoms with van der Waals surface area (Å²) in [6.45, 7) is 5.01. The fourth-order valence-corrected chi connectivity index (χ4v) is 7.62. The number of piperidine rings is 1. The highest BCUT2D eigenvalue weighted by atomic mass is 35.5. The molecule has 2 aromatic carbocycles. The van der Waals surface area contributed by atoms with Gasteiger partial charge in [0, 0.05) is 70.3 Å². The normalized spacial score (nSPS) is 19.5. The number of urea groups is 1. The minimum Gasteiger partial charge on any atom is -0.481 e. The Hall–Kier alpha value is -4.44. The van der Waals surface area contributed by atoms with Gasteiger partial charge in [-0.2, -0.15) is 0 Å². The van der Waals surface area contributed by atoms with Crippen LogP contribution in [0.4, 0.5) is 4.79 Å². The predicted molar refractivity (Wildman–Crippen MR) is 203 cm³/mol. The Bertz CT molecular complexity index is 1680. The maximum Gasteiger partial charge on any atom is 0.336 e. The fraction of sp³-hybridized carbons (Fsp3) is 0.526. The first-order valence-corrected chi connectivity index (χ1v) is 19.1. The van der Waals surface area contributed by atoms with Crippen LogP contribution in [0.25, 0.3) is 0 Å². The summed E-state index contributed by atoms with van der Waals surface area (Å²) in [7, 11) is 1.83. The number of carbonyl (C=O) groups is 6. The summed E-state index contributed by atoms with van der Waals surface area (Å²) in [4.78, 5) is 78.1. The number of benzene rings is 2. The van der Waals surface area contributed by atoms with E-state index < -0.39 is 36.4 Å². The SMILES string of the molecule is CN(CC(CCN1CCC(C(=O)N2CCCC2)C[C@@H]1N1CCCNC1=O)c1ccc(Cl)c(Cl)c1)C(=O)c1ccccc1.O=C(O)CC(O)(CC(=O)O)C(=O)O. The largest absolute Gasteiger partial charge is 0.481 e. The van der Waals surface area contributed by atoms with Crippen LogP contribution in [0, 0.1) is 5.92 Å². The molecule has 3 fully saturated rings. The molecule has 4 amide bonds. The number of hydrogen-bond acceptors (Lipinski definition) is 8. The minimum absolute atomic E-state index is 0.00258. The molecule has 5 N–H and O–H groups in total. The Morgan fingerprint density at radius 1 is 0.909 bits per heavy atom. The first-order chi connectivity index (χ1) is 26.1. The van der Waals surface area contributed by atoms with E-state index in [1.807, 2.05) is 65.4 Å². The second-order valence-electron chi connectivity index (χ2n) is 14.2. The van der Waals surface area contributed by atoms with Gasteiger partial charge in [0.15, 0.2) is 5.60 Å². The number of hydrogen-bond donors (Lipinski definition) is 5. The molecule has 3 heterocycles. The van der Waals surface area contributed by atoms with Gasteiger partial charge in [0.25, 0.3) is 5.91 Å². The van der Waals surface area contributed by atoms with E-state index in [0.29, 0.717) is 41.7 Å². The monoisotopic (exact) mass is 805 g/mol. The van der Waals surface area contributed by atoms with E-state index in [1.54, 1.807) is 4.90 Å². The van der Waals surface area contributed by atoms with Gasteiger partial charge in [0.2, 0.25) is 5.91 Å². The first kappa shape index (κ1) is 43.3. The fourth-order valence-electron chi connectivity index (χ4n) is 7.31. The molecule has 3 aliphatic heterocycles. The summed E-state index contributed by atoms with van der Waals surface area (Å²) in [6.07, 6.45) is 2.77. The van der Waals surface area contributed by atoms with E-state index in [1.165, 1.54) is 0 Å². The summed E-state index contributed by atoms with van der Waals surface area (Å²) in [5.74, 6) is -4.89. The van der Waals surface area contributed by atoms with Crippen LogP contribution in [-0.2, 0) is 19.2 Å². The third kappa shape index (κ3) is 12.0. The number of carboxylic acids is 3. The lowest BCUT2D eigenvalue weighted by molar-refractivity contribution is -0.170. The lowest BCUT2D eigenvalue weighted by atomic mass is 9.90. The molecule has 55 heavy (non-hydrogen) atoms. The Balaban J connectivity index is 0.000000444. The van der Waals surface area contributed by atoms with Gasteiger partial charge in [-0.25, -0.2) is 9.59 Å². The molecular weight excluding hydrogens is 757 g/mol. The molecule has 0 bridgehead atoms. The van der Waals surface area contributed by atoms with Gasteiger partial charge in [-0.05, 0) is 68.4 Å². The molecule has 5 rings (SSSR count). The van der Waals surface area contributed by atoms with Crippen molar-refractivity contribution in [3.8, 4) is 0 Å². The number of nitrogens with zero attached hydrogens (tertiary/aromatic N) is 4. The van der Waals surface area contributed by atoms with Crippen LogP contribution in [0.1, 0.15) is 73.2 Å². The number of aliphatic hydroxyl groups is 1. The van der Waals surface area contributed by atoms with Crippen LogP contribution in [-0.4, -0.2) is 140 Å². The number of halogens is 2. The predicted octanol–water partition coefficient (Wildman–Crippen LogP) is 4.07. The van der Waals surface area contributed by atoms with E-state index in [9.17, 15) is 28.8 Å². The Morgan fingerprint density at radius 2 is 1.56 bits per heavy atom. The molecular formula is C38H49Cl2N5O10. The molecule has 3 aliphatic rings. The van der Waals surface area contributed by atoms with Crippen LogP contribution in [0.2, 0.25) is 10.0 Å². The quantitative estimate of drug-likeness (QED) is 0.184. The molecule has 0 radical (unpaired) electrons. The van der Waals surface area contributed by atoms with E-state index in [0.717, 1.165) is 63.8 Å². The first-order valence-electron chi connectivity index (χ1n) is 18.3. The summed E-state index contributed by atoms with van der Waals surface area (Å²) in [5.41, 5.74) is -1.07. The number of likely N-dealkylation sites (N-methyl/N-ethyl adjacent to an activating group) is 1. The van der Waals surface area contributed by atoms with Crippen molar-refractivity contribution in [3.05, 3.63) is 69.7 Å². The van der Waals surface area contributed by atoms with E-state index >= 15 is 0 Å². The van der Waals surface area contributed by atoms with Crippen molar-refractivity contribution in [2.75, 3.05) is 52.9 Å². The Kier molecular flexibility index (Phi) is 15.7. The molecule has 0 aromatic heterocycles. The molecule has 0 spiro atoms. The zero-order valence-electron chi connectivity index (χ0n) is 30.7.